The molecule has 6 nitrogen and oxygen atoms in total. The van der Waals surface area contributed by atoms with Crippen molar-refractivity contribution in [1.29, 1.82) is 0 Å². The topological polar surface area (TPSA) is 89.9 Å². The maximum absolute atomic E-state index is 12.5. The third-order valence-corrected chi connectivity index (χ3v) is 7.76. The van der Waals surface area contributed by atoms with Gasteiger partial charge in [0.1, 0.15) is 5.70 Å². The first kappa shape index (κ1) is 17.4. The average molecular weight is 366 g/mol. The van der Waals surface area contributed by atoms with Crippen LogP contribution in [-0.2, 0) is 9.59 Å². The predicted octanol–water partition coefficient (Wildman–Crippen LogP) is 1.06. The molecule has 7 heteroatoms. The number of hydrogen-bond acceptors (Lipinski definition) is 5. The van der Waals surface area contributed by atoms with Crippen molar-refractivity contribution in [3.63, 3.8) is 0 Å². The summed E-state index contributed by atoms with van der Waals surface area (Å²) in [5, 5.41) is 23.8. The van der Waals surface area contributed by atoms with E-state index in [4.69, 9.17) is 0 Å². The highest BCUT2D eigenvalue weighted by molar-refractivity contribution is 7.99. The van der Waals surface area contributed by atoms with Crippen molar-refractivity contribution in [2.24, 2.45) is 17.8 Å². The van der Waals surface area contributed by atoms with Crippen molar-refractivity contribution in [3.8, 4) is 0 Å². The Morgan fingerprint density at radius 2 is 2.20 bits per heavy atom. The van der Waals surface area contributed by atoms with Crippen LogP contribution in [0.1, 0.15) is 32.6 Å². The minimum Gasteiger partial charge on any atom is -0.477 e. The number of hydrogen-bond donors (Lipinski definition) is 3. The molecule has 3 N–H and O–H groups in total. The minimum absolute atomic E-state index is 0.115. The lowest BCUT2D eigenvalue weighted by Crippen LogP contribution is -2.64. The molecular weight excluding hydrogens is 340 g/mol. The lowest BCUT2D eigenvalue weighted by atomic mass is 9.70. The van der Waals surface area contributed by atoms with Gasteiger partial charge in [0.2, 0.25) is 5.91 Å². The highest BCUT2D eigenvalue weighted by atomic mass is 32.2. The molecular formula is C18H26N2O4S. The Morgan fingerprint density at radius 3 is 2.84 bits per heavy atom. The van der Waals surface area contributed by atoms with Crippen LogP contribution >= 0.6 is 11.8 Å². The van der Waals surface area contributed by atoms with Crippen LogP contribution in [0.2, 0.25) is 0 Å². The number of nitrogens with one attached hydrogen (secondary N) is 1. The predicted molar refractivity (Wildman–Crippen MR) is 95.0 cm³/mol. The molecule has 0 radical (unpaired) electrons. The number of rotatable bonds is 5. The van der Waals surface area contributed by atoms with E-state index >= 15 is 0 Å². The van der Waals surface area contributed by atoms with Crippen LogP contribution in [0.15, 0.2) is 11.3 Å². The SMILES string of the molecule is C[C@@H](O)[C@H]1C(=O)N2C(C(=O)O)=C3[C@@H](CS[C@H]4CCNC4)CCC[C@@H]3[C@H]12. The second-order valence-electron chi connectivity index (χ2n) is 7.76. The van der Waals surface area contributed by atoms with Gasteiger partial charge in [0.25, 0.3) is 0 Å². The van der Waals surface area contributed by atoms with Crippen molar-refractivity contribution in [3.05, 3.63) is 11.3 Å². The molecule has 4 aliphatic rings. The molecule has 25 heavy (non-hydrogen) atoms. The fraction of sp³-hybridized carbons (Fsp3) is 0.778. The van der Waals surface area contributed by atoms with Gasteiger partial charge in [-0.1, -0.05) is 6.42 Å². The third kappa shape index (κ3) is 2.71. The Kier molecular flexibility index (Phi) is 4.58. The summed E-state index contributed by atoms with van der Waals surface area (Å²) >= 11 is 1.94. The molecule has 3 heterocycles. The molecule has 3 fully saturated rings. The summed E-state index contributed by atoms with van der Waals surface area (Å²) in [5.74, 6) is -0.358. The number of carboxylic acids is 1. The number of aliphatic hydroxyl groups is 1. The number of aliphatic carboxylic acids is 1. The molecule has 1 saturated carbocycles. The number of nitrogens with zero attached hydrogens (tertiary/aromatic N) is 1. The van der Waals surface area contributed by atoms with Crippen LogP contribution in [0, 0.1) is 17.8 Å². The summed E-state index contributed by atoms with van der Waals surface area (Å²) in [6.07, 6.45) is 3.45. The van der Waals surface area contributed by atoms with Crippen LogP contribution in [0.25, 0.3) is 0 Å². The molecule has 138 valence electrons. The van der Waals surface area contributed by atoms with Gasteiger partial charge in [-0.25, -0.2) is 4.79 Å². The fourth-order valence-electron chi connectivity index (χ4n) is 5.20. The number of carbonyl (C=O) groups is 2. The Balaban J connectivity index is 1.59. The van der Waals surface area contributed by atoms with Gasteiger partial charge < -0.3 is 20.4 Å². The Morgan fingerprint density at radius 1 is 1.40 bits per heavy atom. The van der Waals surface area contributed by atoms with E-state index in [2.05, 4.69) is 5.32 Å². The van der Waals surface area contributed by atoms with E-state index in [9.17, 15) is 19.8 Å². The van der Waals surface area contributed by atoms with E-state index in [1.54, 1.807) is 6.92 Å². The highest BCUT2D eigenvalue weighted by Gasteiger charge is 2.62. The van der Waals surface area contributed by atoms with Gasteiger partial charge >= 0.3 is 5.97 Å². The standard InChI is InChI=1S/C18H26N2O4S/c1-9(21)13-15-12-4-2-3-10(8-25-11-5-6-19-7-11)14(12)16(18(23)24)20(15)17(13)22/h9-13,15,19,21H,2-8H2,1H3,(H,23,24)/t9-,10-,11+,12+,13-,15-/m1/s1. The second kappa shape index (κ2) is 6.59. The fourth-order valence-corrected chi connectivity index (χ4v) is 6.57. The molecule has 3 aliphatic heterocycles. The smallest absolute Gasteiger partial charge is 0.352 e. The summed E-state index contributed by atoms with van der Waals surface area (Å²) in [7, 11) is 0. The Bertz CT molecular complexity index is 614. The van der Waals surface area contributed by atoms with Gasteiger partial charge in [-0.05, 0) is 44.2 Å². The first-order chi connectivity index (χ1) is 12.0. The van der Waals surface area contributed by atoms with Crippen LogP contribution < -0.4 is 5.32 Å². The van der Waals surface area contributed by atoms with Gasteiger partial charge in [0, 0.05) is 23.5 Å². The van der Waals surface area contributed by atoms with Crippen molar-refractivity contribution in [2.75, 3.05) is 18.8 Å². The molecule has 1 aliphatic carbocycles. The molecule has 4 rings (SSSR count). The normalized spacial score (nSPS) is 38.4. The Hall–Kier alpha value is -1.05. The van der Waals surface area contributed by atoms with Gasteiger partial charge in [-0.3, -0.25) is 4.79 Å². The van der Waals surface area contributed by atoms with E-state index in [1.807, 2.05) is 11.8 Å². The van der Waals surface area contributed by atoms with Crippen LogP contribution in [-0.4, -0.2) is 63.2 Å². The first-order valence-corrected chi connectivity index (χ1v) is 10.4. The minimum atomic E-state index is -0.987. The number of carboxylic acid groups (broad SMARTS) is 1. The van der Waals surface area contributed by atoms with Gasteiger partial charge in [0.05, 0.1) is 18.1 Å². The molecule has 0 aromatic rings. The van der Waals surface area contributed by atoms with E-state index in [1.165, 1.54) is 11.3 Å². The Labute approximate surface area is 152 Å². The zero-order chi connectivity index (χ0) is 17.7. The van der Waals surface area contributed by atoms with Crippen molar-refractivity contribution in [1.82, 2.24) is 10.2 Å². The van der Waals surface area contributed by atoms with Crippen molar-refractivity contribution in [2.45, 2.75) is 50.0 Å². The lowest BCUT2D eigenvalue weighted by Gasteiger charge is -2.47. The molecule has 0 aromatic carbocycles. The summed E-state index contributed by atoms with van der Waals surface area (Å²) in [6, 6.07) is -0.144. The number of aliphatic hydroxyl groups excluding tert-OH is 1. The van der Waals surface area contributed by atoms with E-state index in [0.717, 1.165) is 43.7 Å². The molecule has 6 atom stereocenters. The monoisotopic (exact) mass is 366 g/mol. The number of fused-ring (bicyclic) bond motifs is 3. The highest BCUT2D eigenvalue weighted by Crippen LogP contribution is 2.54. The first-order valence-electron chi connectivity index (χ1n) is 9.31. The third-order valence-electron chi connectivity index (χ3n) is 6.29. The molecule has 1 amide bonds. The zero-order valence-corrected chi connectivity index (χ0v) is 15.3. The number of β-lactam (4-membered cyclic amide) rings is 1. The summed E-state index contributed by atoms with van der Waals surface area (Å²) in [6.45, 7) is 3.74. The van der Waals surface area contributed by atoms with E-state index < -0.39 is 18.0 Å². The van der Waals surface area contributed by atoms with Gasteiger partial charge in [-0.15, -0.1) is 0 Å². The number of amides is 1. The summed E-state index contributed by atoms with van der Waals surface area (Å²) in [4.78, 5) is 25.9. The van der Waals surface area contributed by atoms with Gasteiger partial charge in [0.15, 0.2) is 0 Å². The molecule has 0 unspecified atom stereocenters. The zero-order valence-electron chi connectivity index (χ0n) is 14.5. The summed E-state index contributed by atoms with van der Waals surface area (Å²) in [5.41, 5.74) is 1.21. The van der Waals surface area contributed by atoms with Crippen LogP contribution in [0.3, 0.4) is 0 Å². The van der Waals surface area contributed by atoms with Crippen LogP contribution in [0.4, 0.5) is 0 Å². The maximum Gasteiger partial charge on any atom is 0.352 e. The lowest BCUT2D eigenvalue weighted by molar-refractivity contribution is -0.163. The number of thioether (sulfide) groups is 1. The quantitative estimate of drug-likeness (QED) is 0.631. The summed E-state index contributed by atoms with van der Waals surface area (Å²) < 4.78 is 0. The second-order valence-corrected chi connectivity index (χ2v) is 9.09. The molecule has 0 aromatic heterocycles. The van der Waals surface area contributed by atoms with Gasteiger partial charge in [-0.2, -0.15) is 11.8 Å². The van der Waals surface area contributed by atoms with E-state index in [-0.39, 0.29) is 29.5 Å². The maximum atomic E-state index is 12.5. The van der Waals surface area contributed by atoms with Crippen molar-refractivity contribution < 1.29 is 19.8 Å². The van der Waals surface area contributed by atoms with Crippen molar-refractivity contribution >= 4 is 23.6 Å². The largest absolute Gasteiger partial charge is 0.477 e. The molecule has 0 spiro atoms. The molecule has 2 saturated heterocycles. The average Bonchev–Trinajstić information content (AvgIpc) is 3.17. The molecule has 0 bridgehead atoms. The van der Waals surface area contributed by atoms with E-state index in [0.29, 0.717) is 5.25 Å². The number of carbonyl (C=O) groups excluding carboxylic acids is 1. The van der Waals surface area contributed by atoms with Crippen LogP contribution in [0.5, 0.6) is 0 Å².